The van der Waals surface area contributed by atoms with Crippen LogP contribution in [0.2, 0.25) is 0 Å². The highest BCUT2D eigenvalue weighted by molar-refractivity contribution is 5.70. The van der Waals surface area contributed by atoms with Crippen molar-refractivity contribution in [3.63, 3.8) is 0 Å². The molecular formula is C11H17N3O4. The Hall–Kier alpha value is -1.73. The summed E-state index contributed by atoms with van der Waals surface area (Å²) in [5.74, 6) is -0.485. The van der Waals surface area contributed by atoms with Gasteiger partial charge < -0.3 is 20.7 Å². The normalized spacial score (nSPS) is 14.0. The lowest BCUT2D eigenvalue weighted by Crippen LogP contribution is -2.24. The summed E-state index contributed by atoms with van der Waals surface area (Å²) < 4.78 is 4.69. The number of aromatic nitrogens is 2. The molecule has 0 fully saturated rings. The fourth-order valence-electron chi connectivity index (χ4n) is 1.49. The monoisotopic (exact) mass is 255 g/mol. The van der Waals surface area contributed by atoms with Gasteiger partial charge >= 0.3 is 5.97 Å². The summed E-state index contributed by atoms with van der Waals surface area (Å²) in [6.07, 6.45) is -1.49. The van der Waals surface area contributed by atoms with Crippen molar-refractivity contribution in [3.8, 4) is 0 Å². The van der Waals surface area contributed by atoms with Crippen LogP contribution < -0.4 is 5.73 Å². The maximum absolute atomic E-state index is 11.2. The van der Waals surface area contributed by atoms with E-state index in [4.69, 9.17) is 5.73 Å². The molecule has 2 unspecified atom stereocenters. The minimum absolute atomic E-state index is 0.0864. The molecule has 1 rings (SSSR count). The van der Waals surface area contributed by atoms with E-state index in [1.54, 1.807) is 13.8 Å². The number of ether oxygens (including phenoxy) is 1. The zero-order valence-electron chi connectivity index (χ0n) is 10.3. The minimum Gasteiger partial charge on any atom is -0.466 e. The summed E-state index contributed by atoms with van der Waals surface area (Å²) in [4.78, 5) is 18.8. The summed E-state index contributed by atoms with van der Waals surface area (Å²) in [5.41, 5.74) is 6.17. The molecule has 1 aromatic rings. The maximum Gasteiger partial charge on any atom is 0.308 e. The first-order valence-electron chi connectivity index (χ1n) is 5.56. The Labute approximate surface area is 105 Å². The average Bonchev–Trinajstić information content (AvgIpc) is 2.28. The van der Waals surface area contributed by atoms with Gasteiger partial charge in [0.05, 0.1) is 19.1 Å². The lowest BCUT2D eigenvalue weighted by atomic mass is 10.0. The largest absolute Gasteiger partial charge is 0.466 e. The standard InChI is InChI=1S/C11H17N3O4/c1-3-18-9(16)4-8(15)10(17)7-5-13-11(12)14-6(7)2/h5,8,10,15,17H,3-4H2,1-2H3,(H2,12,13,14). The van der Waals surface area contributed by atoms with Crippen LogP contribution in [0.4, 0.5) is 5.95 Å². The quantitative estimate of drug-likeness (QED) is 0.619. The predicted octanol–water partition coefficient (Wildman–Crippen LogP) is -0.285. The van der Waals surface area contributed by atoms with Gasteiger partial charge in [-0.15, -0.1) is 0 Å². The first-order valence-corrected chi connectivity index (χ1v) is 5.56. The van der Waals surface area contributed by atoms with Crippen LogP contribution in [-0.2, 0) is 9.53 Å². The lowest BCUT2D eigenvalue weighted by Gasteiger charge is -2.18. The number of rotatable bonds is 5. The van der Waals surface area contributed by atoms with E-state index in [0.717, 1.165) is 0 Å². The summed E-state index contributed by atoms with van der Waals surface area (Å²) in [5, 5.41) is 19.6. The number of aliphatic hydroxyl groups is 2. The van der Waals surface area contributed by atoms with Crippen LogP contribution in [0.3, 0.4) is 0 Å². The molecule has 0 radical (unpaired) electrons. The van der Waals surface area contributed by atoms with Gasteiger partial charge in [0, 0.05) is 17.5 Å². The third-order valence-electron chi connectivity index (χ3n) is 2.40. The molecule has 0 saturated heterocycles. The van der Waals surface area contributed by atoms with Crippen LogP contribution in [0.25, 0.3) is 0 Å². The Morgan fingerprint density at radius 3 is 2.78 bits per heavy atom. The van der Waals surface area contributed by atoms with Gasteiger partial charge in [-0.2, -0.15) is 0 Å². The highest BCUT2D eigenvalue weighted by atomic mass is 16.5. The number of nitrogens with two attached hydrogens (primary N) is 1. The third kappa shape index (κ3) is 3.64. The van der Waals surface area contributed by atoms with Crippen molar-refractivity contribution in [2.75, 3.05) is 12.3 Å². The van der Waals surface area contributed by atoms with Crippen LogP contribution in [0.1, 0.15) is 30.7 Å². The number of nitrogens with zero attached hydrogens (tertiary/aromatic N) is 2. The topological polar surface area (TPSA) is 119 Å². The van der Waals surface area contributed by atoms with Crippen molar-refractivity contribution >= 4 is 11.9 Å². The molecule has 0 aliphatic carbocycles. The Morgan fingerprint density at radius 1 is 1.56 bits per heavy atom. The smallest absolute Gasteiger partial charge is 0.308 e. The predicted molar refractivity (Wildman–Crippen MR) is 63.4 cm³/mol. The van der Waals surface area contributed by atoms with E-state index in [0.29, 0.717) is 11.3 Å². The van der Waals surface area contributed by atoms with Crippen LogP contribution in [0.15, 0.2) is 6.20 Å². The maximum atomic E-state index is 11.2. The third-order valence-corrected chi connectivity index (χ3v) is 2.40. The SMILES string of the molecule is CCOC(=O)CC(O)C(O)c1cnc(N)nc1C. The molecule has 18 heavy (non-hydrogen) atoms. The summed E-state index contributed by atoms with van der Waals surface area (Å²) >= 11 is 0. The number of nitrogen functional groups attached to an aromatic ring is 1. The molecule has 1 aromatic heterocycles. The van der Waals surface area contributed by atoms with Crippen LogP contribution >= 0.6 is 0 Å². The van der Waals surface area contributed by atoms with E-state index in [1.807, 2.05) is 0 Å². The number of anilines is 1. The van der Waals surface area contributed by atoms with Crippen molar-refractivity contribution < 1.29 is 19.7 Å². The Kier molecular flexibility index (Phi) is 4.99. The van der Waals surface area contributed by atoms with Crippen LogP contribution in [0, 0.1) is 6.92 Å². The van der Waals surface area contributed by atoms with Gasteiger partial charge in [0.2, 0.25) is 5.95 Å². The van der Waals surface area contributed by atoms with Gasteiger partial charge in [-0.3, -0.25) is 4.79 Å². The van der Waals surface area contributed by atoms with Crippen molar-refractivity contribution in [3.05, 3.63) is 17.5 Å². The number of carbonyl (C=O) groups excluding carboxylic acids is 1. The van der Waals surface area contributed by atoms with E-state index in [9.17, 15) is 15.0 Å². The Morgan fingerprint density at radius 2 is 2.22 bits per heavy atom. The van der Waals surface area contributed by atoms with Crippen molar-refractivity contribution in [2.24, 2.45) is 0 Å². The molecule has 1 heterocycles. The van der Waals surface area contributed by atoms with Crippen molar-refractivity contribution in [1.82, 2.24) is 9.97 Å². The number of esters is 1. The number of carbonyl (C=O) groups is 1. The number of hydrogen-bond acceptors (Lipinski definition) is 7. The van der Waals surface area contributed by atoms with Gasteiger partial charge in [-0.05, 0) is 13.8 Å². The van der Waals surface area contributed by atoms with E-state index in [-0.39, 0.29) is 19.0 Å². The molecule has 7 nitrogen and oxygen atoms in total. The molecule has 0 saturated carbocycles. The molecule has 4 N–H and O–H groups in total. The molecular weight excluding hydrogens is 238 g/mol. The lowest BCUT2D eigenvalue weighted by molar-refractivity contribution is -0.147. The van der Waals surface area contributed by atoms with Gasteiger partial charge in [-0.25, -0.2) is 9.97 Å². The van der Waals surface area contributed by atoms with E-state index >= 15 is 0 Å². The van der Waals surface area contributed by atoms with E-state index in [1.165, 1.54) is 6.20 Å². The molecule has 100 valence electrons. The molecule has 0 amide bonds. The van der Waals surface area contributed by atoms with Crippen molar-refractivity contribution in [2.45, 2.75) is 32.5 Å². The fraction of sp³-hybridized carbons (Fsp3) is 0.545. The van der Waals surface area contributed by atoms with Gasteiger partial charge in [0.25, 0.3) is 0 Å². The molecule has 0 aliphatic heterocycles. The molecule has 0 aromatic carbocycles. The highest BCUT2D eigenvalue weighted by Gasteiger charge is 2.24. The van der Waals surface area contributed by atoms with Crippen LogP contribution in [0.5, 0.6) is 0 Å². The summed E-state index contributed by atoms with van der Waals surface area (Å²) in [7, 11) is 0. The Balaban J connectivity index is 2.73. The number of aryl methyl sites for hydroxylation is 1. The van der Waals surface area contributed by atoms with Crippen molar-refractivity contribution in [1.29, 1.82) is 0 Å². The zero-order chi connectivity index (χ0) is 13.7. The molecule has 0 bridgehead atoms. The zero-order valence-corrected chi connectivity index (χ0v) is 10.3. The Bertz CT molecular complexity index is 425. The van der Waals surface area contributed by atoms with Crippen LogP contribution in [-0.4, -0.2) is 38.9 Å². The summed E-state index contributed by atoms with van der Waals surface area (Å²) in [6, 6.07) is 0. The summed E-state index contributed by atoms with van der Waals surface area (Å²) in [6.45, 7) is 3.53. The number of aliphatic hydroxyl groups excluding tert-OH is 2. The molecule has 2 atom stereocenters. The number of hydrogen-bond donors (Lipinski definition) is 3. The second-order valence-electron chi connectivity index (χ2n) is 3.79. The van der Waals surface area contributed by atoms with E-state index in [2.05, 4.69) is 14.7 Å². The average molecular weight is 255 g/mol. The second-order valence-corrected chi connectivity index (χ2v) is 3.79. The minimum atomic E-state index is -1.27. The molecule has 0 aliphatic rings. The molecule has 0 spiro atoms. The first kappa shape index (κ1) is 14.3. The van der Waals surface area contributed by atoms with Gasteiger partial charge in [-0.1, -0.05) is 0 Å². The van der Waals surface area contributed by atoms with Gasteiger partial charge in [0.1, 0.15) is 6.10 Å². The second kappa shape index (κ2) is 6.27. The highest BCUT2D eigenvalue weighted by Crippen LogP contribution is 2.21. The fourth-order valence-corrected chi connectivity index (χ4v) is 1.49. The molecule has 7 heteroatoms. The van der Waals surface area contributed by atoms with E-state index < -0.39 is 18.2 Å². The van der Waals surface area contributed by atoms with Gasteiger partial charge in [0.15, 0.2) is 0 Å². The first-order chi connectivity index (χ1) is 8.45.